The standard InChI is InChI=1S/C15H21N5O2/c1-2-20-15-12(9-18-20)14(10(8-17-15)7-13(16)21)19-11-3-5-22-6-4-11/h8-9,11H,2-7H2,1H3,(H2,16,21)(H,17,19). The fourth-order valence-electron chi connectivity index (χ4n) is 2.84. The Bertz CT molecular complexity index is 676. The Hall–Kier alpha value is -2.15. The van der Waals surface area contributed by atoms with E-state index in [0.29, 0.717) is 6.04 Å². The van der Waals surface area contributed by atoms with E-state index in [9.17, 15) is 4.79 Å². The van der Waals surface area contributed by atoms with Crippen LogP contribution in [0.4, 0.5) is 5.69 Å². The number of rotatable bonds is 5. The average Bonchev–Trinajstić information content (AvgIpc) is 2.93. The van der Waals surface area contributed by atoms with Gasteiger partial charge in [0, 0.05) is 37.6 Å². The molecule has 3 N–H and O–H groups in total. The Morgan fingerprint density at radius 3 is 2.91 bits per heavy atom. The van der Waals surface area contributed by atoms with Crippen molar-refractivity contribution >= 4 is 22.6 Å². The zero-order valence-corrected chi connectivity index (χ0v) is 12.7. The van der Waals surface area contributed by atoms with Crippen LogP contribution in [-0.2, 0) is 22.5 Å². The van der Waals surface area contributed by atoms with Crippen LogP contribution in [-0.4, -0.2) is 39.9 Å². The number of carbonyl (C=O) groups is 1. The van der Waals surface area contributed by atoms with E-state index in [2.05, 4.69) is 15.4 Å². The van der Waals surface area contributed by atoms with Crippen molar-refractivity contribution < 1.29 is 9.53 Å². The van der Waals surface area contributed by atoms with Gasteiger partial charge in [-0.25, -0.2) is 9.67 Å². The summed E-state index contributed by atoms with van der Waals surface area (Å²) in [7, 11) is 0. The van der Waals surface area contributed by atoms with Gasteiger partial charge in [0.1, 0.15) is 0 Å². The Labute approximate surface area is 128 Å². The van der Waals surface area contributed by atoms with E-state index in [0.717, 1.165) is 54.9 Å². The second kappa shape index (κ2) is 6.31. The van der Waals surface area contributed by atoms with Crippen LogP contribution in [0.5, 0.6) is 0 Å². The molecule has 3 heterocycles. The normalized spacial score (nSPS) is 16.0. The first-order valence-electron chi connectivity index (χ1n) is 7.65. The molecule has 0 saturated carbocycles. The summed E-state index contributed by atoms with van der Waals surface area (Å²) in [6.45, 7) is 4.29. The van der Waals surface area contributed by atoms with Crippen LogP contribution in [0, 0.1) is 0 Å². The molecule has 2 aromatic heterocycles. The Balaban J connectivity index is 2.01. The minimum Gasteiger partial charge on any atom is -0.381 e. The molecule has 7 nitrogen and oxygen atoms in total. The molecule has 3 rings (SSSR count). The Kier molecular flexibility index (Phi) is 4.24. The predicted octanol–water partition coefficient (Wildman–Crippen LogP) is 1.07. The minimum absolute atomic E-state index is 0.172. The van der Waals surface area contributed by atoms with Crippen LogP contribution in [0.25, 0.3) is 11.0 Å². The molecule has 1 aliphatic rings. The second-order valence-corrected chi connectivity index (χ2v) is 5.53. The summed E-state index contributed by atoms with van der Waals surface area (Å²) in [6.07, 6.45) is 5.59. The van der Waals surface area contributed by atoms with Crippen LogP contribution >= 0.6 is 0 Å². The van der Waals surface area contributed by atoms with Crippen molar-refractivity contribution in [2.45, 2.75) is 38.8 Å². The number of aryl methyl sites for hydroxylation is 1. The van der Waals surface area contributed by atoms with Gasteiger partial charge < -0.3 is 15.8 Å². The number of nitrogens with zero attached hydrogens (tertiary/aromatic N) is 3. The lowest BCUT2D eigenvalue weighted by atomic mass is 10.1. The van der Waals surface area contributed by atoms with Crippen LogP contribution in [0.1, 0.15) is 25.3 Å². The monoisotopic (exact) mass is 303 g/mol. The molecule has 7 heteroatoms. The highest BCUT2D eigenvalue weighted by Crippen LogP contribution is 2.28. The van der Waals surface area contributed by atoms with Gasteiger partial charge in [-0.2, -0.15) is 5.10 Å². The highest BCUT2D eigenvalue weighted by molar-refractivity contribution is 5.92. The number of anilines is 1. The molecule has 1 fully saturated rings. The SMILES string of the molecule is CCn1ncc2c(NC3CCOCC3)c(CC(N)=O)cnc21. The summed E-state index contributed by atoms with van der Waals surface area (Å²) in [6, 6.07) is 0.330. The van der Waals surface area contributed by atoms with Crippen molar-refractivity contribution in [2.75, 3.05) is 18.5 Å². The minimum atomic E-state index is -0.362. The Morgan fingerprint density at radius 1 is 1.45 bits per heavy atom. The molecule has 1 amide bonds. The van der Waals surface area contributed by atoms with Gasteiger partial charge in [-0.3, -0.25) is 4.79 Å². The van der Waals surface area contributed by atoms with E-state index in [1.807, 2.05) is 11.6 Å². The van der Waals surface area contributed by atoms with Crippen molar-refractivity contribution in [3.63, 3.8) is 0 Å². The third-order valence-electron chi connectivity index (χ3n) is 3.98. The van der Waals surface area contributed by atoms with E-state index in [-0.39, 0.29) is 12.3 Å². The molecule has 1 aliphatic heterocycles. The molecule has 0 aromatic carbocycles. The van der Waals surface area contributed by atoms with Crippen LogP contribution in [0.3, 0.4) is 0 Å². The van der Waals surface area contributed by atoms with E-state index < -0.39 is 0 Å². The molecular formula is C15H21N5O2. The molecular weight excluding hydrogens is 282 g/mol. The number of pyridine rings is 1. The molecule has 0 spiro atoms. The molecule has 0 aliphatic carbocycles. The number of fused-ring (bicyclic) bond motifs is 1. The number of primary amides is 1. The number of nitrogens with two attached hydrogens (primary N) is 1. The largest absolute Gasteiger partial charge is 0.381 e. The van der Waals surface area contributed by atoms with E-state index in [1.54, 1.807) is 12.4 Å². The van der Waals surface area contributed by atoms with Crippen molar-refractivity contribution in [1.82, 2.24) is 14.8 Å². The van der Waals surface area contributed by atoms with E-state index in [1.165, 1.54) is 0 Å². The summed E-state index contributed by atoms with van der Waals surface area (Å²) < 4.78 is 7.24. The molecule has 0 unspecified atom stereocenters. The lowest BCUT2D eigenvalue weighted by Gasteiger charge is -2.25. The highest BCUT2D eigenvalue weighted by Gasteiger charge is 2.19. The second-order valence-electron chi connectivity index (χ2n) is 5.53. The molecule has 0 bridgehead atoms. The van der Waals surface area contributed by atoms with Gasteiger partial charge in [0.2, 0.25) is 5.91 Å². The molecule has 22 heavy (non-hydrogen) atoms. The van der Waals surface area contributed by atoms with Crippen molar-refractivity contribution in [3.05, 3.63) is 18.0 Å². The zero-order valence-electron chi connectivity index (χ0n) is 12.7. The summed E-state index contributed by atoms with van der Waals surface area (Å²) in [5.41, 5.74) is 7.94. The lowest BCUT2D eigenvalue weighted by molar-refractivity contribution is -0.117. The number of carbonyl (C=O) groups excluding carboxylic acids is 1. The lowest BCUT2D eigenvalue weighted by Crippen LogP contribution is -2.28. The maximum absolute atomic E-state index is 11.3. The van der Waals surface area contributed by atoms with Gasteiger partial charge in [0.25, 0.3) is 0 Å². The molecule has 0 radical (unpaired) electrons. The third kappa shape index (κ3) is 2.89. The first-order chi connectivity index (χ1) is 10.7. The molecule has 118 valence electrons. The summed E-state index contributed by atoms with van der Waals surface area (Å²) >= 11 is 0. The van der Waals surface area contributed by atoms with Gasteiger partial charge in [0.05, 0.1) is 23.7 Å². The van der Waals surface area contributed by atoms with Crippen LogP contribution in [0.15, 0.2) is 12.4 Å². The third-order valence-corrected chi connectivity index (χ3v) is 3.98. The average molecular weight is 303 g/mol. The number of hydrogen-bond donors (Lipinski definition) is 2. The van der Waals surface area contributed by atoms with Crippen LogP contribution < -0.4 is 11.1 Å². The number of aromatic nitrogens is 3. The van der Waals surface area contributed by atoms with Gasteiger partial charge in [-0.05, 0) is 19.8 Å². The molecule has 1 saturated heterocycles. The van der Waals surface area contributed by atoms with E-state index >= 15 is 0 Å². The fraction of sp³-hybridized carbons (Fsp3) is 0.533. The maximum atomic E-state index is 11.3. The van der Waals surface area contributed by atoms with Crippen molar-refractivity contribution in [3.8, 4) is 0 Å². The zero-order chi connectivity index (χ0) is 15.5. The number of ether oxygens (including phenoxy) is 1. The van der Waals surface area contributed by atoms with Gasteiger partial charge in [-0.15, -0.1) is 0 Å². The maximum Gasteiger partial charge on any atom is 0.221 e. The topological polar surface area (TPSA) is 95.1 Å². The Morgan fingerprint density at radius 2 is 2.23 bits per heavy atom. The number of nitrogens with one attached hydrogen (secondary N) is 1. The molecule has 0 atom stereocenters. The first-order valence-corrected chi connectivity index (χ1v) is 7.65. The van der Waals surface area contributed by atoms with E-state index in [4.69, 9.17) is 10.5 Å². The smallest absolute Gasteiger partial charge is 0.221 e. The van der Waals surface area contributed by atoms with Gasteiger partial charge >= 0.3 is 0 Å². The summed E-state index contributed by atoms with van der Waals surface area (Å²) in [4.78, 5) is 15.8. The summed E-state index contributed by atoms with van der Waals surface area (Å²) in [5.74, 6) is -0.362. The quantitative estimate of drug-likeness (QED) is 0.861. The first kappa shape index (κ1) is 14.8. The predicted molar refractivity (Wildman–Crippen MR) is 83.6 cm³/mol. The van der Waals surface area contributed by atoms with Crippen molar-refractivity contribution in [2.24, 2.45) is 5.73 Å². The number of amides is 1. The number of hydrogen-bond acceptors (Lipinski definition) is 5. The fourth-order valence-corrected chi connectivity index (χ4v) is 2.84. The van der Waals surface area contributed by atoms with Gasteiger partial charge in [0.15, 0.2) is 5.65 Å². The highest BCUT2D eigenvalue weighted by atomic mass is 16.5. The summed E-state index contributed by atoms with van der Waals surface area (Å²) in [5, 5.41) is 8.85. The van der Waals surface area contributed by atoms with Gasteiger partial charge in [-0.1, -0.05) is 0 Å². The van der Waals surface area contributed by atoms with Crippen LogP contribution in [0.2, 0.25) is 0 Å². The van der Waals surface area contributed by atoms with Crippen molar-refractivity contribution in [1.29, 1.82) is 0 Å². The molecule has 2 aromatic rings.